The highest BCUT2D eigenvalue weighted by Gasteiger charge is 2.19. The lowest BCUT2D eigenvalue weighted by Crippen LogP contribution is -2.05. The van der Waals surface area contributed by atoms with Crippen LogP contribution >= 0.6 is 0 Å². The lowest BCUT2D eigenvalue weighted by molar-refractivity contribution is -0.114. The van der Waals surface area contributed by atoms with E-state index in [0.717, 1.165) is 5.56 Å². The van der Waals surface area contributed by atoms with Crippen LogP contribution in [0.15, 0.2) is 71.0 Å². The van der Waals surface area contributed by atoms with Gasteiger partial charge in [-0.15, -0.1) is 0 Å². The van der Waals surface area contributed by atoms with Gasteiger partial charge in [0, 0.05) is 6.42 Å². The van der Waals surface area contributed by atoms with Crippen molar-refractivity contribution in [3.63, 3.8) is 0 Å². The van der Waals surface area contributed by atoms with Crippen LogP contribution in [-0.2, 0) is 21.1 Å². The number of rotatable bonds is 6. The quantitative estimate of drug-likeness (QED) is 0.755. The van der Waals surface area contributed by atoms with Crippen LogP contribution in [0.1, 0.15) is 30.9 Å². The van der Waals surface area contributed by atoms with Gasteiger partial charge in [0.25, 0.3) is 0 Å². The summed E-state index contributed by atoms with van der Waals surface area (Å²) >= 11 is 0. The van der Waals surface area contributed by atoms with Gasteiger partial charge in [0.1, 0.15) is 0 Å². The lowest BCUT2D eigenvalue weighted by atomic mass is 10.0. The molecule has 0 N–H and O–H groups in total. The van der Waals surface area contributed by atoms with Crippen molar-refractivity contribution in [2.45, 2.75) is 36.0 Å². The molecule has 0 unspecified atom stereocenters. The standard InChI is InChI=1S/C19H20O3S/c1-4-17(20)11-15-7-5-9-18(12-15)23(21,22)19-10-6-8-16(13-19)14(2)3/h4-10,12-14H,1,11H2,2-3H3. The van der Waals surface area contributed by atoms with Gasteiger partial charge in [-0.25, -0.2) is 8.42 Å². The Hall–Kier alpha value is -2.20. The van der Waals surface area contributed by atoms with Gasteiger partial charge < -0.3 is 0 Å². The third-order valence-electron chi connectivity index (χ3n) is 3.65. The topological polar surface area (TPSA) is 51.2 Å². The number of carbonyl (C=O) groups is 1. The summed E-state index contributed by atoms with van der Waals surface area (Å²) in [4.78, 5) is 11.9. The van der Waals surface area contributed by atoms with Crippen LogP contribution in [0.2, 0.25) is 0 Å². The predicted octanol–water partition coefficient (Wildman–Crippen LogP) is 3.94. The van der Waals surface area contributed by atoms with Gasteiger partial charge in [-0.05, 0) is 47.4 Å². The van der Waals surface area contributed by atoms with Crippen LogP contribution in [-0.4, -0.2) is 14.2 Å². The van der Waals surface area contributed by atoms with Crippen LogP contribution in [0.3, 0.4) is 0 Å². The van der Waals surface area contributed by atoms with E-state index in [-0.39, 0.29) is 27.9 Å². The van der Waals surface area contributed by atoms with E-state index in [2.05, 4.69) is 6.58 Å². The molecule has 23 heavy (non-hydrogen) atoms. The molecule has 0 radical (unpaired) electrons. The average molecular weight is 328 g/mol. The van der Waals surface area contributed by atoms with Gasteiger partial charge in [0.2, 0.25) is 9.84 Å². The van der Waals surface area contributed by atoms with E-state index < -0.39 is 9.84 Å². The minimum absolute atomic E-state index is 0.138. The fourth-order valence-electron chi connectivity index (χ4n) is 2.27. The molecule has 2 aromatic carbocycles. The minimum Gasteiger partial charge on any atom is -0.295 e. The third kappa shape index (κ3) is 3.96. The number of allylic oxidation sites excluding steroid dienone is 1. The molecule has 120 valence electrons. The van der Waals surface area contributed by atoms with E-state index in [1.54, 1.807) is 42.5 Å². The zero-order valence-corrected chi connectivity index (χ0v) is 14.1. The van der Waals surface area contributed by atoms with Crippen LogP contribution in [0.4, 0.5) is 0 Å². The second-order valence-electron chi connectivity index (χ2n) is 5.73. The largest absolute Gasteiger partial charge is 0.295 e. The molecule has 2 rings (SSSR count). The first kappa shape index (κ1) is 17.2. The summed E-state index contributed by atoms with van der Waals surface area (Å²) in [6.45, 7) is 7.48. The maximum Gasteiger partial charge on any atom is 0.206 e. The zero-order valence-electron chi connectivity index (χ0n) is 13.3. The molecular formula is C19H20O3S. The fraction of sp³-hybridized carbons (Fsp3) is 0.211. The van der Waals surface area contributed by atoms with Crippen molar-refractivity contribution in [1.29, 1.82) is 0 Å². The first-order chi connectivity index (χ1) is 10.8. The summed E-state index contributed by atoms with van der Waals surface area (Å²) in [5.74, 6) is 0.114. The zero-order chi connectivity index (χ0) is 17.0. The summed E-state index contributed by atoms with van der Waals surface area (Å²) in [5, 5.41) is 0. The number of benzene rings is 2. The van der Waals surface area contributed by atoms with Crippen molar-refractivity contribution >= 4 is 15.6 Å². The summed E-state index contributed by atoms with van der Waals surface area (Å²) < 4.78 is 25.6. The predicted molar refractivity (Wildman–Crippen MR) is 91.3 cm³/mol. The van der Waals surface area contributed by atoms with E-state index in [4.69, 9.17) is 0 Å². The van der Waals surface area contributed by atoms with Gasteiger partial charge in [0.15, 0.2) is 5.78 Å². The van der Waals surface area contributed by atoms with Gasteiger partial charge >= 0.3 is 0 Å². The Morgan fingerprint density at radius 1 is 1.09 bits per heavy atom. The molecular weight excluding hydrogens is 308 g/mol. The van der Waals surface area contributed by atoms with E-state index in [1.165, 1.54) is 6.08 Å². The molecule has 0 amide bonds. The van der Waals surface area contributed by atoms with Crippen LogP contribution in [0.25, 0.3) is 0 Å². The van der Waals surface area contributed by atoms with Crippen molar-refractivity contribution in [1.82, 2.24) is 0 Å². The Balaban J connectivity index is 2.44. The highest BCUT2D eigenvalue weighted by atomic mass is 32.2. The fourth-order valence-corrected chi connectivity index (χ4v) is 3.66. The van der Waals surface area contributed by atoms with Gasteiger partial charge in [-0.2, -0.15) is 0 Å². The Bertz CT molecular complexity index is 833. The molecule has 0 atom stereocenters. The molecule has 3 nitrogen and oxygen atoms in total. The van der Waals surface area contributed by atoms with Crippen LogP contribution in [0, 0.1) is 0 Å². The number of carbonyl (C=O) groups excluding carboxylic acids is 1. The van der Waals surface area contributed by atoms with Gasteiger partial charge in [-0.3, -0.25) is 4.79 Å². The maximum absolute atomic E-state index is 12.8. The molecule has 0 bridgehead atoms. The molecule has 0 aromatic heterocycles. The van der Waals surface area contributed by atoms with Crippen molar-refractivity contribution in [3.05, 3.63) is 72.3 Å². The monoisotopic (exact) mass is 328 g/mol. The summed E-state index contributed by atoms with van der Waals surface area (Å²) in [6.07, 6.45) is 1.40. The van der Waals surface area contributed by atoms with Crippen molar-refractivity contribution in [2.75, 3.05) is 0 Å². The normalized spacial score (nSPS) is 11.4. The first-order valence-electron chi connectivity index (χ1n) is 7.44. The Kier molecular flexibility index (Phi) is 5.16. The molecule has 0 aliphatic heterocycles. The smallest absolute Gasteiger partial charge is 0.206 e. The van der Waals surface area contributed by atoms with Crippen LogP contribution < -0.4 is 0 Å². The SMILES string of the molecule is C=CC(=O)Cc1cccc(S(=O)(=O)c2cccc(C(C)C)c2)c1. The van der Waals surface area contributed by atoms with Crippen molar-refractivity contribution in [3.8, 4) is 0 Å². The summed E-state index contributed by atoms with van der Waals surface area (Å²) in [5.41, 5.74) is 1.64. The molecule has 0 aliphatic rings. The Morgan fingerprint density at radius 2 is 1.70 bits per heavy atom. The van der Waals surface area contributed by atoms with Gasteiger partial charge in [-0.1, -0.05) is 44.7 Å². The number of hydrogen-bond acceptors (Lipinski definition) is 3. The lowest BCUT2D eigenvalue weighted by Gasteiger charge is -2.10. The number of sulfone groups is 1. The van der Waals surface area contributed by atoms with Crippen LogP contribution in [0.5, 0.6) is 0 Å². The molecule has 4 heteroatoms. The molecule has 0 fully saturated rings. The Labute approximate surface area is 137 Å². The van der Waals surface area contributed by atoms with Crippen molar-refractivity contribution < 1.29 is 13.2 Å². The third-order valence-corrected chi connectivity index (χ3v) is 5.40. The highest BCUT2D eigenvalue weighted by molar-refractivity contribution is 7.91. The molecule has 2 aromatic rings. The van der Waals surface area contributed by atoms with E-state index >= 15 is 0 Å². The first-order valence-corrected chi connectivity index (χ1v) is 8.92. The molecule has 0 heterocycles. The van der Waals surface area contributed by atoms with E-state index in [1.807, 2.05) is 19.9 Å². The second-order valence-corrected chi connectivity index (χ2v) is 7.67. The molecule has 0 saturated heterocycles. The summed E-state index contributed by atoms with van der Waals surface area (Å²) in [6, 6.07) is 13.5. The molecule has 0 saturated carbocycles. The molecule has 0 spiro atoms. The number of hydrogen-bond donors (Lipinski definition) is 0. The van der Waals surface area contributed by atoms with Crippen molar-refractivity contribution in [2.24, 2.45) is 0 Å². The van der Waals surface area contributed by atoms with E-state index in [9.17, 15) is 13.2 Å². The molecule has 0 aliphatic carbocycles. The number of ketones is 1. The average Bonchev–Trinajstić information content (AvgIpc) is 2.55. The second kappa shape index (κ2) is 6.92. The minimum atomic E-state index is -3.60. The van der Waals surface area contributed by atoms with E-state index in [0.29, 0.717) is 5.56 Å². The Morgan fingerprint density at radius 3 is 2.30 bits per heavy atom. The summed E-state index contributed by atoms with van der Waals surface area (Å²) in [7, 11) is -3.60. The highest BCUT2D eigenvalue weighted by Crippen LogP contribution is 2.25. The maximum atomic E-state index is 12.8. The van der Waals surface area contributed by atoms with Gasteiger partial charge in [0.05, 0.1) is 9.79 Å².